The summed E-state index contributed by atoms with van der Waals surface area (Å²) in [6.45, 7) is 3.78. The highest BCUT2D eigenvalue weighted by atomic mass is 19.1. The summed E-state index contributed by atoms with van der Waals surface area (Å²) in [5.74, 6) is -0.118. The standard InChI is InChI=1S/C10H14FN/c1-7-5-4-6-9(11)8(2)10(7)12-3/h5-6,12H,4H2,1-3H3. The molecule has 1 aliphatic rings. The first kappa shape index (κ1) is 9.04. The van der Waals surface area contributed by atoms with Gasteiger partial charge in [0, 0.05) is 18.3 Å². The van der Waals surface area contributed by atoms with Crippen molar-refractivity contribution in [3.8, 4) is 0 Å². The molecule has 1 nitrogen and oxygen atoms in total. The van der Waals surface area contributed by atoms with Crippen LogP contribution in [0, 0.1) is 0 Å². The van der Waals surface area contributed by atoms with Crippen molar-refractivity contribution in [2.75, 3.05) is 7.05 Å². The molecule has 0 aliphatic heterocycles. The van der Waals surface area contributed by atoms with E-state index in [2.05, 4.69) is 5.32 Å². The maximum Gasteiger partial charge on any atom is 0.124 e. The third-order valence-electron chi connectivity index (χ3n) is 2.10. The van der Waals surface area contributed by atoms with Crippen molar-refractivity contribution in [3.63, 3.8) is 0 Å². The predicted molar refractivity (Wildman–Crippen MR) is 49.3 cm³/mol. The zero-order chi connectivity index (χ0) is 9.14. The molecule has 1 N–H and O–H groups in total. The Balaban J connectivity index is 3.13. The van der Waals surface area contributed by atoms with Crippen molar-refractivity contribution in [1.82, 2.24) is 5.32 Å². The van der Waals surface area contributed by atoms with Gasteiger partial charge in [0.25, 0.3) is 0 Å². The van der Waals surface area contributed by atoms with E-state index in [0.29, 0.717) is 12.0 Å². The third kappa shape index (κ3) is 1.58. The molecular formula is C10H14FN. The molecule has 0 amide bonds. The lowest BCUT2D eigenvalue weighted by Gasteiger charge is -2.09. The lowest BCUT2D eigenvalue weighted by molar-refractivity contribution is 0.643. The molecule has 0 atom stereocenters. The second-order valence-corrected chi connectivity index (χ2v) is 2.92. The van der Waals surface area contributed by atoms with Gasteiger partial charge in [-0.2, -0.15) is 0 Å². The zero-order valence-corrected chi connectivity index (χ0v) is 7.74. The van der Waals surface area contributed by atoms with Crippen LogP contribution < -0.4 is 5.32 Å². The maximum atomic E-state index is 13.2. The second kappa shape index (κ2) is 3.57. The van der Waals surface area contributed by atoms with Crippen LogP contribution in [0.1, 0.15) is 20.3 Å². The van der Waals surface area contributed by atoms with Crippen LogP contribution in [-0.4, -0.2) is 7.05 Å². The first-order valence-corrected chi connectivity index (χ1v) is 4.08. The fourth-order valence-corrected chi connectivity index (χ4v) is 1.39. The quantitative estimate of drug-likeness (QED) is 0.633. The molecule has 0 fully saturated rings. The number of halogens is 1. The van der Waals surface area contributed by atoms with Gasteiger partial charge in [-0.05, 0) is 31.9 Å². The summed E-state index contributed by atoms with van der Waals surface area (Å²) in [5.41, 5.74) is 2.71. The molecule has 0 heterocycles. The number of hydrogen-bond acceptors (Lipinski definition) is 1. The molecule has 12 heavy (non-hydrogen) atoms. The van der Waals surface area contributed by atoms with Gasteiger partial charge < -0.3 is 5.32 Å². The van der Waals surface area contributed by atoms with E-state index in [1.165, 1.54) is 0 Å². The van der Waals surface area contributed by atoms with Crippen molar-refractivity contribution < 1.29 is 4.39 Å². The molecule has 0 bridgehead atoms. The van der Waals surface area contributed by atoms with E-state index in [0.717, 1.165) is 11.3 Å². The summed E-state index contributed by atoms with van der Waals surface area (Å²) in [6, 6.07) is 0. The molecule has 0 aromatic carbocycles. The number of likely N-dealkylation sites (N-methyl/N-ethyl adjacent to an activating group) is 1. The molecule has 2 heteroatoms. The van der Waals surface area contributed by atoms with Gasteiger partial charge in [-0.25, -0.2) is 4.39 Å². The summed E-state index contributed by atoms with van der Waals surface area (Å²) in [6.07, 6.45) is 4.30. The van der Waals surface area contributed by atoms with Gasteiger partial charge in [0.2, 0.25) is 0 Å². The van der Waals surface area contributed by atoms with Gasteiger partial charge in [-0.3, -0.25) is 0 Å². The highest BCUT2D eigenvalue weighted by molar-refractivity contribution is 5.41. The molecular weight excluding hydrogens is 153 g/mol. The minimum atomic E-state index is -0.118. The maximum absolute atomic E-state index is 13.2. The lowest BCUT2D eigenvalue weighted by Crippen LogP contribution is -2.09. The van der Waals surface area contributed by atoms with Crippen molar-refractivity contribution in [2.45, 2.75) is 20.3 Å². The van der Waals surface area contributed by atoms with Crippen LogP contribution in [0.15, 0.2) is 34.8 Å². The Morgan fingerprint density at radius 3 is 2.58 bits per heavy atom. The SMILES string of the molecule is CNC1=C(C)C(F)=CCC=C1C. The molecule has 0 saturated heterocycles. The van der Waals surface area contributed by atoms with E-state index in [4.69, 9.17) is 0 Å². The molecule has 0 saturated carbocycles. The third-order valence-corrected chi connectivity index (χ3v) is 2.10. The molecule has 1 rings (SSSR count). The Labute approximate surface area is 72.7 Å². The number of rotatable bonds is 1. The van der Waals surface area contributed by atoms with E-state index in [9.17, 15) is 4.39 Å². The summed E-state index contributed by atoms with van der Waals surface area (Å²) < 4.78 is 13.2. The smallest absolute Gasteiger partial charge is 0.124 e. The number of allylic oxidation sites excluding steroid dienone is 5. The van der Waals surface area contributed by atoms with E-state index < -0.39 is 0 Å². The monoisotopic (exact) mass is 167 g/mol. The van der Waals surface area contributed by atoms with Gasteiger partial charge in [0.15, 0.2) is 0 Å². The highest BCUT2D eigenvalue weighted by Gasteiger charge is 2.09. The molecule has 1 aliphatic carbocycles. The zero-order valence-electron chi connectivity index (χ0n) is 7.74. The van der Waals surface area contributed by atoms with Crippen molar-refractivity contribution >= 4 is 0 Å². The van der Waals surface area contributed by atoms with Crippen molar-refractivity contribution in [2.24, 2.45) is 0 Å². The van der Waals surface area contributed by atoms with Gasteiger partial charge in [0.05, 0.1) is 0 Å². The van der Waals surface area contributed by atoms with Gasteiger partial charge >= 0.3 is 0 Å². The number of hydrogen-bond donors (Lipinski definition) is 1. The Morgan fingerprint density at radius 1 is 1.33 bits per heavy atom. The normalized spacial score (nSPS) is 18.3. The summed E-state index contributed by atoms with van der Waals surface area (Å²) in [4.78, 5) is 0. The van der Waals surface area contributed by atoms with Crippen LogP contribution in [0.2, 0.25) is 0 Å². The average Bonchev–Trinajstić information content (AvgIpc) is 2.14. The Kier molecular flexibility index (Phi) is 2.69. The molecule has 0 unspecified atom stereocenters. The average molecular weight is 167 g/mol. The van der Waals surface area contributed by atoms with E-state index in [1.54, 1.807) is 13.0 Å². The summed E-state index contributed by atoms with van der Waals surface area (Å²) in [7, 11) is 1.81. The summed E-state index contributed by atoms with van der Waals surface area (Å²) >= 11 is 0. The Bertz CT molecular complexity index is 272. The van der Waals surface area contributed by atoms with Crippen LogP contribution in [-0.2, 0) is 0 Å². The van der Waals surface area contributed by atoms with Crippen molar-refractivity contribution in [3.05, 3.63) is 34.8 Å². The van der Waals surface area contributed by atoms with Gasteiger partial charge in [-0.15, -0.1) is 0 Å². The second-order valence-electron chi connectivity index (χ2n) is 2.92. The molecule has 0 aromatic heterocycles. The van der Waals surface area contributed by atoms with Gasteiger partial charge in [-0.1, -0.05) is 6.08 Å². The van der Waals surface area contributed by atoms with E-state index in [1.807, 2.05) is 20.0 Å². The van der Waals surface area contributed by atoms with Gasteiger partial charge in [0.1, 0.15) is 5.83 Å². The Morgan fingerprint density at radius 2 is 2.00 bits per heavy atom. The molecule has 0 spiro atoms. The van der Waals surface area contributed by atoms with E-state index >= 15 is 0 Å². The fraction of sp³-hybridized carbons (Fsp3) is 0.400. The Hall–Kier alpha value is -1.05. The predicted octanol–water partition coefficient (Wildman–Crippen LogP) is 2.68. The number of nitrogens with one attached hydrogen (secondary N) is 1. The first-order valence-electron chi connectivity index (χ1n) is 4.08. The molecule has 0 radical (unpaired) electrons. The van der Waals surface area contributed by atoms with Crippen LogP contribution in [0.4, 0.5) is 4.39 Å². The molecule has 0 aromatic rings. The minimum Gasteiger partial charge on any atom is -0.388 e. The van der Waals surface area contributed by atoms with Crippen LogP contribution in [0.25, 0.3) is 0 Å². The van der Waals surface area contributed by atoms with Crippen LogP contribution in [0.3, 0.4) is 0 Å². The largest absolute Gasteiger partial charge is 0.388 e. The van der Waals surface area contributed by atoms with E-state index in [-0.39, 0.29) is 5.83 Å². The van der Waals surface area contributed by atoms with Crippen LogP contribution >= 0.6 is 0 Å². The summed E-state index contributed by atoms with van der Waals surface area (Å²) in [5, 5.41) is 3.00. The lowest BCUT2D eigenvalue weighted by atomic mass is 10.1. The van der Waals surface area contributed by atoms with Crippen LogP contribution in [0.5, 0.6) is 0 Å². The first-order chi connectivity index (χ1) is 5.66. The minimum absolute atomic E-state index is 0.118. The van der Waals surface area contributed by atoms with Crippen molar-refractivity contribution in [1.29, 1.82) is 0 Å². The highest BCUT2D eigenvalue weighted by Crippen LogP contribution is 2.23. The topological polar surface area (TPSA) is 12.0 Å². The molecule has 66 valence electrons. The fourth-order valence-electron chi connectivity index (χ4n) is 1.39.